The summed E-state index contributed by atoms with van der Waals surface area (Å²) >= 11 is 0. The Morgan fingerprint density at radius 2 is 0.676 bits per heavy atom. The summed E-state index contributed by atoms with van der Waals surface area (Å²) in [7, 11) is 0. The lowest BCUT2D eigenvalue weighted by molar-refractivity contribution is -0.143. The molecule has 2 atom stereocenters. The standard InChI is InChI=1S/C68H131NO5/c1-3-5-7-9-11-13-15-17-19-20-29-33-36-40-44-48-52-56-60-66(71)65(64-70)69-67(72)61-57-53-49-45-41-37-34-30-27-25-23-21-22-24-26-28-31-35-39-43-47-51-55-59-63-74-68(73)62-58-54-50-46-42-38-32-18-16-14-12-10-8-6-4-2/h12,14,18,32,65-66,70-71H,3-11,13,15-17,19-31,33-64H2,1-2H3,(H,69,72)/b14-12-,32-18-. The summed E-state index contributed by atoms with van der Waals surface area (Å²) in [5.41, 5.74) is 0. The smallest absolute Gasteiger partial charge is 0.305 e. The number of carbonyl (C=O) groups is 2. The van der Waals surface area contributed by atoms with Crippen molar-refractivity contribution in [1.82, 2.24) is 5.32 Å². The van der Waals surface area contributed by atoms with Crippen molar-refractivity contribution in [2.45, 2.75) is 386 Å². The second kappa shape index (κ2) is 63.9. The molecule has 74 heavy (non-hydrogen) atoms. The number of rotatable bonds is 63. The van der Waals surface area contributed by atoms with E-state index in [1.54, 1.807) is 0 Å². The van der Waals surface area contributed by atoms with Gasteiger partial charge in [-0.15, -0.1) is 0 Å². The summed E-state index contributed by atoms with van der Waals surface area (Å²) in [6.07, 6.45) is 79.2. The van der Waals surface area contributed by atoms with Gasteiger partial charge in [-0.2, -0.15) is 0 Å². The molecule has 0 aromatic heterocycles. The molecule has 0 saturated heterocycles. The Hall–Kier alpha value is -1.66. The van der Waals surface area contributed by atoms with Gasteiger partial charge in [0, 0.05) is 12.8 Å². The average molecular weight is 1040 g/mol. The number of aliphatic hydroxyl groups excluding tert-OH is 2. The predicted molar refractivity (Wildman–Crippen MR) is 324 cm³/mol. The van der Waals surface area contributed by atoms with E-state index in [0.717, 1.165) is 51.4 Å². The zero-order valence-corrected chi connectivity index (χ0v) is 50.1. The van der Waals surface area contributed by atoms with Gasteiger partial charge in [-0.1, -0.05) is 327 Å². The largest absolute Gasteiger partial charge is 0.466 e. The van der Waals surface area contributed by atoms with Crippen LogP contribution in [0.3, 0.4) is 0 Å². The SMILES string of the molecule is CCCCC/C=C\C/C=C\CCCCCCCC(=O)OCCCCCCCCCCCCCCCCCCCCCCCCCCC(=O)NC(CO)C(O)CCCCCCCCCCCCCCCCCCCC. The molecule has 0 aromatic rings. The number of carbonyl (C=O) groups excluding carboxylic acids is 2. The molecule has 0 aromatic carbocycles. The van der Waals surface area contributed by atoms with E-state index in [0.29, 0.717) is 25.9 Å². The fourth-order valence-electron chi connectivity index (χ4n) is 10.6. The van der Waals surface area contributed by atoms with Gasteiger partial charge < -0.3 is 20.3 Å². The molecule has 2 unspecified atom stereocenters. The molecule has 0 heterocycles. The molecule has 0 aliphatic heterocycles. The average Bonchev–Trinajstić information content (AvgIpc) is 3.40. The summed E-state index contributed by atoms with van der Waals surface area (Å²) in [4.78, 5) is 24.6. The minimum Gasteiger partial charge on any atom is -0.466 e. The Morgan fingerprint density at radius 1 is 0.378 bits per heavy atom. The van der Waals surface area contributed by atoms with E-state index in [2.05, 4.69) is 43.5 Å². The Balaban J connectivity index is 3.37. The van der Waals surface area contributed by atoms with Crippen LogP contribution in [0.1, 0.15) is 373 Å². The molecular formula is C68H131NO5. The maximum atomic E-state index is 12.5. The van der Waals surface area contributed by atoms with Crippen LogP contribution in [0.5, 0.6) is 0 Å². The second-order valence-electron chi connectivity index (χ2n) is 23.2. The zero-order valence-electron chi connectivity index (χ0n) is 50.1. The fraction of sp³-hybridized carbons (Fsp3) is 0.912. The number of amides is 1. The number of hydrogen-bond acceptors (Lipinski definition) is 5. The van der Waals surface area contributed by atoms with Gasteiger partial charge in [-0.25, -0.2) is 0 Å². The highest BCUT2D eigenvalue weighted by Gasteiger charge is 2.20. The summed E-state index contributed by atoms with van der Waals surface area (Å²) < 4.78 is 5.48. The van der Waals surface area contributed by atoms with Gasteiger partial charge in [0.05, 0.1) is 25.4 Å². The van der Waals surface area contributed by atoms with Crippen molar-refractivity contribution in [3.05, 3.63) is 24.3 Å². The normalized spacial score (nSPS) is 12.6. The van der Waals surface area contributed by atoms with Crippen LogP contribution < -0.4 is 5.32 Å². The molecule has 0 saturated carbocycles. The molecule has 0 fully saturated rings. The predicted octanol–water partition coefficient (Wildman–Crippen LogP) is 21.4. The van der Waals surface area contributed by atoms with Crippen molar-refractivity contribution in [2.24, 2.45) is 0 Å². The van der Waals surface area contributed by atoms with Crippen molar-refractivity contribution in [3.8, 4) is 0 Å². The third kappa shape index (κ3) is 59.6. The van der Waals surface area contributed by atoms with E-state index in [-0.39, 0.29) is 18.5 Å². The Kier molecular flexibility index (Phi) is 62.4. The minimum atomic E-state index is -0.664. The quantitative estimate of drug-likeness (QED) is 0.0320. The maximum absolute atomic E-state index is 12.5. The lowest BCUT2D eigenvalue weighted by Crippen LogP contribution is -2.45. The van der Waals surface area contributed by atoms with Crippen LogP contribution >= 0.6 is 0 Å². The first-order valence-corrected chi connectivity index (χ1v) is 33.6. The number of hydrogen-bond donors (Lipinski definition) is 3. The van der Waals surface area contributed by atoms with E-state index < -0.39 is 12.1 Å². The fourth-order valence-corrected chi connectivity index (χ4v) is 10.6. The number of nitrogens with one attached hydrogen (secondary N) is 1. The van der Waals surface area contributed by atoms with Gasteiger partial charge in [-0.05, 0) is 57.8 Å². The maximum Gasteiger partial charge on any atom is 0.305 e. The molecule has 438 valence electrons. The Morgan fingerprint density at radius 3 is 1.05 bits per heavy atom. The summed E-state index contributed by atoms with van der Waals surface area (Å²) in [5, 5.41) is 23.4. The van der Waals surface area contributed by atoms with Crippen LogP contribution in [0.4, 0.5) is 0 Å². The van der Waals surface area contributed by atoms with Gasteiger partial charge in [0.1, 0.15) is 0 Å². The van der Waals surface area contributed by atoms with Crippen molar-refractivity contribution in [1.29, 1.82) is 0 Å². The number of aliphatic hydroxyl groups is 2. The highest BCUT2D eigenvalue weighted by molar-refractivity contribution is 5.76. The van der Waals surface area contributed by atoms with E-state index in [9.17, 15) is 19.8 Å². The number of esters is 1. The molecule has 0 aliphatic rings. The van der Waals surface area contributed by atoms with Gasteiger partial charge in [0.2, 0.25) is 5.91 Å². The molecular weight excluding hydrogens is 911 g/mol. The van der Waals surface area contributed by atoms with Gasteiger partial charge in [0.25, 0.3) is 0 Å². The monoisotopic (exact) mass is 1040 g/mol. The Labute approximate surface area is 462 Å². The third-order valence-electron chi connectivity index (χ3n) is 15.8. The van der Waals surface area contributed by atoms with Crippen molar-refractivity contribution in [2.75, 3.05) is 13.2 Å². The molecule has 0 rings (SSSR count). The molecule has 6 heteroatoms. The van der Waals surface area contributed by atoms with Crippen LogP contribution in [0, 0.1) is 0 Å². The van der Waals surface area contributed by atoms with Crippen molar-refractivity contribution < 1.29 is 24.5 Å². The van der Waals surface area contributed by atoms with Crippen molar-refractivity contribution in [3.63, 3.8) is 0 Å². The van der Waals surface area contributed by atoms with E-state index in [4.69, 9.17) is 4.74 Å². The molecule has 0 radical (unpaired) electrons. The number of unbranched alkanes of at least 4 members (excludes halogenated alkanes) is 48. The summed E-state index contributed by atoms with van der Waals surface area (Å²) in [5.74, 6) is -0.0284. The number of ether oxygens (including phenoxy) is 1. The lowest BCUT2D eigenvalue weighted by Gasteiger charge is -2.22. The summed E-state index contributed by atoms with van der Waals surface area (Å²) in [6.45, 7) is 4.95. The topological polar surface area (TPSA) is 95.9 Å². The van der Waals surface area contributed by atoms with Crippen LogP contribution in [-0.4, -0.2) is 47.4 Å². The van der Waals surface area contributed by atoms with Crippen LogP contribution in [0.2, 0.25) is 0 Å². The molecule has 0 bridgehead atoms. The zero-order chi connectivity index (χ0) is 53.6. The molecule has 1 amide bonds. The van der Waals surface area contributed by atoms with E-state index in [1.165, 1.54) is 289 Å². The van der Waals surface area contributed by atoms with Gasteiger partial charge in [-0.3, -0.25) is 9.59 Å². The van der Waals surface area contributed by atoms with Gasteiger partial charge >= 0.3 is 5.97 Å². The summed E-state index contributed by atoms with van der Waals surface area (Å²) in [6, 6.07) is -0.541. The van der Waals surface area contributed by atoms with E-state index >= 15 is 0 Å². The highest BCUT2D eigenvalue weighted by Crippen LogP contribution is 2.19. The Bertz CT molecular complexity index is 1150. The van der Waals surface area contributed by atoms with Crippen LogP contribution in [0.25, 0.3) is 0 Å². The van der Waals surface area contributed by atoms with E-state index in [1.807, 2.05) is 0 Å². The van der Waals surface area contributed by atoms with Crippen LogP contribution in [-0.2, 0) is 14.3 Å². The molecule has 6 nitrogen and oxygen atoms in total. The second-order valence-corrected chi connectivity index (χ2v) is 23.2. The van der Waals surface area contributed by atoms with Crippen LogP contribution in [0.15, 0.2) is 24.3 Å². The lowest BCUT2D eigenvalue weighted by atomic mass is 10.0. The van der Waals surface area contributed by atoms with Gasteiger partial charge in [0.15, 0.2) is 0 Å². The first-order valence-electron chi connectivity index (χ1n) is 33.6. The molecule has 0 aliphatic carbocycles. The third-order valence-corrected chi connectivity index (χ3v) is 15.8. The molecule has 0 spiro atoms. The van der Waals surface area contributed by atoms with Crippen molar-refractivity contribution >= 4 is 11.9 Å². The highest BCUT2D eigenvalue weighted by atomic mass is 16.5. The minimum absolute atomic E-state index is 0.00210. The molecule has 3 N–H and O–H groups in total. The number of allylic oxidation sites excluding steroid dienone is 4. The first-order chi connectivity index (χ1) is 36.5. The first kappa shape index (κ1) is 72.3.